The molecule has 0 N–H and O–H groups in total. The molecule has 0 spiro atoms. The lowest BCUT2D eigenvalue weighted by molar-refractivity contribution is -0.137. The molecule has 2 aromatic rings. The third kappa shape index (κ3) is 3.73. The van der Waals surface area contributed by atoms with Crippen molar-refractivity contribution in [2.75, 3.05) is 13.2 Å². The van der Waals surface area contributed by atoms with Gasteiger partial charge in [0.1, 0.15) is 17.2 Å². The van der Waals surface area contributed by atoms with Crippen molar-refractivity contribution in [3.8, 4) is 6.07 Å². The van der Waals surface area contributed by atoms with Gasteiger partial charge in [-0.3, -0.25) is 0 Å². The Balaban J connectivity index is 2.10. The van der Waals surface area contributed by atoms with Crippen LogP contribution < -0.4 is 5.63 Å². The van der Waals surface area contributed by atoms with Crippen molar-refractivity contribution in [2.24, 2.45) is 0 Å². The second kappa shape index (κ2) is 7.81. The first-order chi connectivity index (χ1) is 12.6. The Kier molecular flexibility index (Phi) is 5.30. The van der Waals surface area contributed by atoms with Gasteiger partial charge < -0.3 is 13.9 Å². The van der Waals surface area contributed by atoms with Gasteiger partial charge in [-0.1, -0.05) is 12.2 Å². The zero-order chi connectivity index (χ0) is 18.5. The summed E-state index contributed by atoms with van der Waals surface area (Å²) in [7, 11) is 0. The summed E-state index contributed by atoms with van der Waals surface area (Å²) < 4.78 is 15.8. The highest BCUT2D eigenvalue weighted by Crippen LogP contribution is 2.24. The summed E-state index contributed by atoms with van der Waals surface area (Å²) in [5.41, 5.74) is 1.59. The van der Waals surface area contributed by atoms with Gasteiger partial charge in [-0.2, -0.15) is 5.26 Å². The molecule has 26 heavy (non-hydrogen) atoms. The van der Waals surface area contributed by atoms with Crippen LogP contribution in [0.3, 0.4) is 0 Å². The Morgan fingerprint density at radius 1 is 1.38 bits per heavy atom. The molecule has 0 atom stereocenters. The Bertz CT molecular complexity index is 1010. The molecule has 0 saturated heterocycles. The number of fused-ring (bicyclic) bond motifs is 2. The van der Waals surface area contributed by atoms with E-state index in [9.17, 15) is 9.59 Å². The molecule has 6 heteroatoms. The molecule has 0 amide bonds. The topological polar surface area (TPSA) is 89.5 Å². The normalized spacial score (nSPS) is 15.5. The van der Waals surface area contributed by atoms with Crippen molar-refractivity contribution in [2.45, 2.75) is 20.0 Å². The van der Waals surface area contributed by atoms with Crippen LogP contribution in [0.25, 0.3) is 23.1 Å². The third-order valence-electron chi connectivity index (χ3n) is 3.92. The summed E-state index contributed by atoms with van der Waals surface area (Å²) in [5.74, 6) is -0.772. The van der Waals surface area contributed by atoms with Gasteiger partial charge in [0.25, 0.3) is 0 Å². The number of ether oxygens (including phenoxy) is 2. The van der Waals surface area contributed by atoms with E-state index in [4.69, 9.17) is 19.2 Å². The van der Waals surface area contributed by atoms with Crippen LogP contribution in [0.5, 0.6) is 0 Å². The van der Waals surface area contributed by atoms with Crippen LogP contribution in [0.2, 0.25) is 0 Å². The number of nitrogens with zero attached hydrogens (tertiary/aromatic N) is 1. The minimum atomic E-state index is -0.772. The predicted octanol–water partition coefficient (Wildman–Crippen LogP) is 3.20. The van der Waals surface area contributed by atoms with Crippen molar-refractivity contribution in [3.05, 3.63) is 57.0 Å². The minimum absolute atomic E-state index is 0.115. The van der Waals surface area contributed by atoms with E-state index in [2.05, 4.69) is 0 Å². The largest absolute Gasteiger partial charge is 0.462 e. The summed E-state index contributed by atoms with van der Waals surface area (Å²) in [6.07, 6.45) is 6.02. The molecular formula is C20H17NO5. The summed E-state index contributed by atoms with van der Waals surface area (Å²) in [4.78, 5) is 24.0. The molecule has 0 saturated carbocycles. The number of carbonyl (C=O) groups excluding carboxylic acids is 1. The molecule has 132 valence electrons. The second-order valence-electron chi connectivity index (χ2n) is 5.71. The number of benzene rings is 1. The summed E-state index contributed by atoms with van der Waals surface area (Å²) in [6.45, 7) is 2.90. The summed E-state index contributed by atoms with van der Waals surface area (Å²) in [6, 6.07) is 7.03. The quantitative estimate of drug-likeness (QED) is 0.365. The van der Waals surface area contributed by atoms with Gasteiger partial charge >= 0.3 is 11.6 Å². The molecule has 1 aliphatic rings. The zero-order valence-corrected chi connectivity index (χ0v) is 14.3. The van der Waals surface area contributed by atoms with E-state index in [-0.39, 0.29) is 17.7 Å². The zero-order valence-electron chi connectivity index (χ0n) is 14.3. The molecule has 0 fully saturated rings. The van der Waals surface area contributed by atoms with Crippen LogP contribution >= 0.6 is 0 Å². The van der Waals surface area contributed by atoms with E-state index >= 15 is 0 Å². The second-order valence-corrected chi connectivity index (χ2v) is 5.71. The Morgan fingerprint density at radius 3 is 3.00 bits per heavy atom. The van der Waals surface area contributed by atoms with Crippen molar-refractivity contribution >= 4 is 29.1 Å². The third-order valence-corrected chi connectivity index (χ3v) is 3.92. The number of rotatable bonds is 3. The standard InChI is InChI=1S/C20H17NO5/c1-2-25-19(22)16(11-21)9-15-7-14-8-17-12-24-6-4-3-5-13(17)10-18(14)26-20(15)23/h3,5,7-10H,2,4,6,12H2,1H3/b5-3-,16-9-. The maximum absolute atomic E-state index is 12.2. The van der Waals surface area contributed by atoms with Crippen molar-refractivity contribution in [3.63, 3.8) is 0 Å². The number of carbonyl (C=O) groups is 1. The molecule has 0 bridgehead atoms. The fourth-order valence-corrected chi connectivity index (χ4v) is 2.67. The van der Waals surface area contributed by atoms with Gasteiger partial charge in [-0.15, -0.1) is 0 Å². The SMILES string of the molecule is CCOC(=O)/C(C#N)=C\c1cc2cc3c(cc2oc1=O)/C=C\CCOC3. The first kappa shape index (κ1) is 17.6. The lowest BCUT2D eigenvalue weighted by Gasteiger charge is -2.11. The van der Waals surface area contributed by atoms with Crippen LogP contribution in [-0.4, -0.2) is 19.2 Å². The van der Waals surface area contributed by atoms with E-state index in [0.29, 0.717) is 24.2 Å². The van der Waals surface area contributed by atoms with E-state index < -0.39 is 11.6 Å². The smallest absolute Gasteiger partial charge is 0.348 e. The Labute approximate surface area is 149 Å². The van der Waals surface area contributed by atoms with Crippen LogP contribution in [0.15, 0.2) is 39.1 Å². The maximum Gasteiger partial charge on any atom is 0.348 e. The lowest BCUT2D eigenvalue weighted by atomic mass is 10.0. The average molecular weight is 351 g/mol. The first-order valence-corrected chi connectivity index (χ1v) is 8.26. The molecule has 1 aromatic heterocycles. The molecule has 1 aliphatic heterocycles. The predicted molar refractivity (Wildman–Crippen MR) is 96.0 cm³/mol. The molecule has 0 radical (unpaired) electrons. The number of hydrogen-bond acceptors (Lipinski definition) is 6. The number of esters is 1. The summed E-state index contributed by atoms with van der Waals surface area (Å²) >= 11 is 0. The van der Waals surface area contributed by atoms with E-state index in [0.717, 1.165) is 17.5 Å². The van der Waals surface area contributed by atoms with E-state index in [1.54, 1.807) is 25.1 Å². The van der Waals surface area contributed by atoms with E-state index in [1.807, 2.05) is 18.2 Å². The van der Waals surface area contributed by atoms with E-state index in [1.165, 1.54) is 6.08 Å². The highest BCUT2D eigenvalue weighted by molar-refractivity contribution is 5.98. The van der Waals surface area contributed by atoms with Gasteiger partial charge in [0.15, 0.2) is 0 Å². The maximum atomic E-state index is 12.2. The highest BCUT2D eigenvalue weighted by atomic mass is 16.5. The van der Waals surface area contributed by atoms with Gasteiger partial charge in [0.05, 0.1) is 25.4 Å². The molecule has 0 unspecified atom stereocenters. The Hall–Kier alpha value is -3.17. The summed E-state index contributed by atoms with van der Waals surface area (Å²) in [5, 5.41) is 9.82. The minimum Gasteiger partial charge on any atom is -0.462 e. The van der Waals surface area contributed by atoms with Crippen molar-refractivity contribution in [1.29, 1.82) is 5.26 Å². The molecular weight excluding hydrogens is 334 g/mol. The molecule has 2 heterocycles. The number of hydrogen-bond donors (Lipinski definition) is 0. The molecule has 0 aliphatic carbocycles. The van der Waals surface area contributed by atoms with Gasteiger partial charge in [-0.05, 0) is 48.7 Å². The first-order valence-electron chi connectivity index (χ1n) is 8.26. The Morgan fingerprint density at radius 2 is 2.23 bits per heavy atom. The van der Waals surface area contributed by atoms with Crippen LogP contribution in [0.4, 0.5) is 0 Å². The lowest BCUT2D eigenvalue weighted by Crippen LogP contribution is -2.09. The highest BCUT2D eigenvalue weighted by Gasteiger charge is 2.13. The van der Waals surface area contributed by atoms with Gasteiger partial charge in [0, 0.05) is 5.39 Å². The van der Waals surface area contributed by atoms with Gasteiger partial charge in [0.2, 0.25) is 0 Å². The van der Waals surface area contributed by atoms with Crippen LogP contribution in [-0.2, 0) is 20.9 Å². The van der Waals surface area contributed by atoms with Crippen LogP contribution in [0, 0.1) is 11.3 Å². The van der Waals surface area contributed by atoms with Crippen LogP contribution in [0.1, 0.15) is 30.0 Å². The van der Waals surface area contributed by atoms with Crippen molar-refractivity contribution in [1.82, 2.24) is 0 Å². The van der Waals surface area contributed by atoms with Gasteiger partial charge in [-0.25, -0.2) is 9.59 Å². The fraction of sp³-hybridized carbons (Fsp3) is 0.250. The molecule has 3 rings (SSSR count). The average Bonchev–Trinajstić information content (AvgIpc) is 2.60. The molecule has 1 aromatic carbocycles. The molecule has 6 nitrogen and oxygen atoms in total. The van der Waals surface area contributed by atoms with Crippen molar-refractivity contribution < 1.29 is 18.7 Å². The monoisotopic (exact) mass is 351 g/mol. The fourth-order valence-electron chi connectivity index (χ4n) is 2.67. The number of nitriles is 1.